The summed E-state index contributed by atoms with van der Waals surface area (Å²) < 4.78 is 0. The molecule has 164 valence electrons. The number of carbonyl (C=O) groups is 1. The Morgan fingerprint density at radius 1 is 0.690 bits per heavy atom. The van der Waals surface area contributed by atoms with Gasteiger partial charge in [-0.1, -0.05) is 86.9 Å². The highest BCUT2D eigenvalue weighted by Crippen LogP contribution is 2.08. The van der Waals surface area contributed by atoms with Gasteiger partial charge < -0.3 is 10.4 Å². The van der Waals surface area contributed by atoms with Crippen LogP contribution < -0.4 is 5.32 Å². The molecule has 0 aliphatic carbocycles. The number of aliphatic hydroxyl groups excluding tert-OH is 1. The molecule has 0 aromatic rings. The summed E-state index contributed by atoms with van der Waals surface area (Å²) in [6.07, 6.45) is 34.9. The fourth-order valence-electron chi connectivity index (χ4n) is 2.73. The third-order valence-corrected chi connectivity index (χ3v) is 4.37. The molecule has 3 heteroatoms. The predicted molar refractivity (Wildman–Crippen MR) is 127 cm³/mol. The second kappa shape index (κ2) is 24.2. The van der Waals surface area contributed by atoms with Crippen molar-refractivity contribution in [3.05, 3.63) is 60.8 Å². The van der Waals surface area contributed by atoms with E-state index in [0.717, 1.165) is 51.4 Å². The number of amides is 1. The minimum atomic E-state index is 0.0154. The van der Waals surface area contributed by atoms with E-state index in [9.17, 15) is 4.79 Å². The molecule has 2 N–H and O–H groups in total. The van der Waals surface area contributed by atoms with Crippen LogP contribution in [0.5, 0.6) is 0 Å². The van der Waals surface area contributed by atoms with Gasteiger partial charge >= 0.3 is 0 Å². The quantitative estimate of drug-likeness (QED) is 0.190. The first-order valence-corrected chi connectivity index (χ1v) is 11.4. The number of rotatable bonds is 19. The maximum absolute atomic E-state index is 11.4. The Morgan fingerprint density at radius 3 is 1.72 bits per heavy atom. The molecule has 29 heavy (non-hydrogen) atoms. The van der Waals surface area contributed by atoms with Crippen LogP contribution in [0.15, 0.2) is 60.8 Å². The molecule has 0 aliphatic rings. The molecule has 0 saturated carbocycles. The minimum Gasteiger partial charge on any atom is -0.395 e. The Kier molecular flexibility index (Phi) is 22.6. The molecule has 0 bridgehead atoms. The van der Waals surface area contributed by atoms with Crippen LogP contribution in [0.3, 0.4) is 0 Å². The molecule has 0 unspecified atom stereocenters. The van der Waals surface area contributed by atoms with E-state index in [-0.39, 0.29) is 12.5 Å². The number of allylic oxidation sites excluding steroid dienone is 10. The summed E-state index contributed by atoms with van der Waals surface area (Å²) in [7, 11) is 0. The van der Waals surface area contributed by atoms with Gasteiger partial charge in [0.25, 0.3) is 0 Å². The summed E-state index contributed by atoms with van der Waals surface area (Å²) in [5, 5.41) is 11.3. The number of unbranched alkanes of at least 4 members (excludes halogenated alkanes) is 5. The van der Waals surface area contributed by atoms with Crippen LogP contribution >= 0.6 is 0 Å². The molecule has 0 aromatic heterocycles. The van der Waals surface area contributed by atoms with Gasteiger partial charge in [-0.25, -0.2) is 0 Å². The van der Waals surface area contributed by atoms with Gasteiger partial charge in [-0.05, 0) is 51.4 Å². The van der Waals surface area contributed by atoms with Crippen LogP contribution in [0.1, 0.15) is 84.0 Å². The van der Waals surface area contributed by atoms with Crippen molar-refractivity contribution in [2.45, 2.75) is 84.0 Å². The SMILES string of the molecule is CC/C=C\C/C=C\C/C=C\C/C=C\C/C=C\CCCCCCCC(=O)NCCO. The van der Waals surface area contributed by atoms with Gasteiger partial charge in [0.15, 0.2) is 0 Å². The lowest BCUT2D eigenvalue weighted by Crippen LogP contribution is -2.25. The Labute approximate surface area is 179 Å². The van der Waals surface area contributed by atoms with Gasteiger partial charge in [0.05, 0.1) is 6.61 Å². The topological polar surface area (TPSA) is 49.3 Å². The van der Waals surface area contributed by atoms with Crippen LogP contribution in [0.25, 0.3) is 0 Å². The molecular formula is C26H43NO2. The molecule has 0 atom stereocenters. The van der Waals surface area contributed by atoms with E-state index in [1.165, 1.54) is 19.3 Å². The first-order valence-electron chi connectivity index (χ1n) is 11.4. The van der Waals surface area contributed by atoms with Crippen molar-refractivity contribution in [1.82, 2.24) is 5.32 Å². The molecule has 0 spiro atoms. The summed E-state index contributed by atoms with van der Waals surface area (Å²) in [6, 6.07) is 0. The normalized spacial score (nSPS) is 12.5. The van der Waals surface area contributed by atoms with E-state index in [4.69, 9.17) is 5.11 Å². The minimum absolute atomic E-state index is 0.0154. The molecule has 3 nitrogen and oxygen atoms in total. The lowest BCUT2D eigenvalue weighted by atomic mass is 10.1. The van der Waals surface area contributed by atoms with E-state index < -0.39 is 0 Å². The van der Waals surface area contributed by atoms with E-state index in [1.807, 2.05) is 0 Å². The zero-order valence-electron chi connectivity index (χ0n) is 18.5. The number of hydrogen-bond acceptors (Lipinski definition) is 2. The molecule has 0 heterocycles. The van der Waals surface area contributed by atoms with E-state index in [1.54, 1.807) is 0 Å². The smallest absolute Gasteiger partial charge is 0.220 e. The predicted octanol–water partition coefficient (Wildman–Crippen LogP) is 6.58. The highest BCUT2D eigenvalue weighted by Gasteiger charge is 1.99. The third-order valence-electron chi connectivity index (χ3n) is 4.37. The summed E-state index contributed by atoms with van der Waals surface area (Å²) in [6.45, 7) is 2.54. The van der Waals surface area contributed by atoms with Crippen molar-refractivity contribution in [2.24, 2.45) is 0 Å². The monoisotopic (exact) mass is 401 g/mol. The lowest BCUT2D eigenvalue weighted by Gasteiger charge is -2.03. The van der Waals surface area contributed by atoms with Crippen molar-refractivity contribution >= 4 is 5.91 Å². The van der Waals surface area contributed by atoms with E-state index in [0.29, 0.717) is 13.0 Å². The first kappa shape index (κ1) is 27.1. The van der Waals surface area contributed by atoms with Gasteiger partial charge in [0, 0.05) is 13.0 Å². The summed E-state index contributed by atoms with van der Waals surface area (Å²) >= 11 is 0. The number of nitrogens with one attached hydrogen (secondary N) is 1. The van der Waals surface area contributed by atoms with Crippen LogP contribution in [0, 0.1) is 0 Å². The van der Waals surface area contributed by atoms with Crippen molar-refractivity contribution in [3.8, 4) is 0 Å². The highest BCUT2D eigenvalue weighted by molar-refractivity contribution is 5.75. The Balaban J connectivity index is 3.39. The third kappa shape index (κ3) is 24.1. The fraction of sp³-hybridized carbons (Fsp3) is 0.577. The molecule has 0 aromatic carbocycles. The lowest BCUT2D eigenvalue weighted by molar-refractivity contribution is -0.121. The largest absolute Gasteiger partial charge is 0.395 e. The summed E-state index contributed by atoms with van der Waals surface area (Å²) in [5.74, 6) is 0.0535. The van der Waals surface area contributed by atoms with Gasteiger partial charge in [-0.3, -0.25) is 4.79 Å². The van der Waals surface area contributed by atoms with Crippen molar-refractivity contribution < 1.29 is 9.90 Å². The van der Waals surface area contributed by atoms with Crippen molar-refractivity contribution in [2.75, 3.05) is 13.2 Å². The Bertz CT molecular complexity index is 501. The zero-order chi connectivity index (χ0) is 21.3. The Morgan fingerprint density at radius 2 is 1.17 bits per heavy atom. The summed E-state index contributed by atoms with van der Waals surface area (Å²) in [5.41, 5.74) is 0. The molecular weight excluding hydrogens is 358 g/mol. The van der Waals surface area contributed by atoms with Crippen LogP contribution in [0.4, 0.5) is 0 Å². The van der Waals surface area contributed by atoms with Gasteiger partial charge in [-0.2, -0.15) is 0 Å². The molecule has 0 rings (SSSR count). The summed E-state index contributed by atoms with van der Waals surface area (Å²) in [4.78, 5) is 11.4. The molecule has 0 saturated heterocycles. The maximum Gasteiger partial charge on any atom is 0.220 e. The molecule has 0 radical (unpaired) electrons. The van der Waals surface area contributed by atoms with Gasteiger partial charge in [-0.15, -0.1) is 0 Å². The number of carbonyl (C=O) groups excluding carboxylic acids is 1. The van der Waals surface area contributed by atoms with Crippen LogP contribution in [-0.2, 0) is 4.79 Å². The molecule has 0 aliphatic heterocycles. The van der Waals surface area contributed by atoms with Crippen LogP contribution in [0.2, 0.25) is 0 Å². The van der Waals surface area contributed by atoms with Crippen molar-refractivity contribution in [1.29, 1.82) is 0 Å². The second-order valence-corrected chi connectivity index (χ2v) is 7.09. The Hall–Kier alpha value is -1.87. The highest BCUT2D eigenvalue weighted by atomic mass is 16.3. The van der Waals surface area contributed by atoms with E-state index in [2.05, 4.69) is 73.0 Å². The second-order valence-electron chi connectivity index (χ2n) is 7.09. The average Bonchev–Trinajstić information content (AvgIpc) is 2.73. The first-order chi connectivity index (χ1) is 14.3. The fourth-order valence-corrected chi connectivity index (χ4v) is 2.73. The zero-order valence-corrected chi connectivity index (χ0v) is 18.5. The van der Waals surface area contributed by atoms with Gasteiger partial charge in [0.1, 0.15) is 0 Å². The van der Waals surface area contributed by atoms with Gasteiger partial charge in [0.2, 0.25) is 5.91 Å². The standard InChI is InChI=1S/C26H43NO2/c1-2-3-4-5-6-7-8-9-10-11-12-13-14-15-16-17-18-19-20-21-22-23-26(29)27-24-25-28/h3-4,6-7,9-10,12-13,15-16,28H,2,5,8,11,14,17-25H2,1H3,(H,27,29)/b4-3-,7-6-,10-9-,13-12-,16-15-. The number of hydrogen-bond donors (Lipinski definition) is 2. The molecule has 1 amide bonds. The number of aliphatic hydroxyl groups is 1. The van der Waals surface area contributed by atoms with Crippen LogP contribution in [-0.4, -0.2) is 24.2 Å². The maximum atomic E-state index is 11.4. The average molecular weight is 402 g/mol. The molecule has 0 fully saturated rings. The van der Waals surface area contributed by atoms with Crippen molar-refractivity contribution in [3.63, 3.8) is 0 Å². The van der Waals surface area contributed by atoms with E-state index >= 15 is 0 Å².